The maximum atomic E-state index is 12.5. The maximum Gasteiger partial charge on any atom is 0.251 e. The molecule has 0 saturated carbocycles. The third kappa shape index (κ3) is 5.79. The predicted octanol–water partition coefficient (Wildman–Crippen LogP) is 2.03. The topological polar surface area (TPSA) is 95.6 Å². The zero-order valence-electron chi connectivity index (χ0n) is 15.6. The molecule has 0 saturated heterocycles. The van der Waals surface area contributed by atoms with Crippen molar-refractivity contribution in [1.29, 1.82) is 0 Å². The number of halogens is 1. The number of benzene rings is 2. The van der Waals surface area contributed by atoms with Crippen molar-refractivity contribution in [3.8, 4) is 0 Å². The monoisotopic (exact) mass is 423 g/mol. The van der Waals surface area contributed by atoms with E-state index in [1.54, 1.807) is 24.3 Å². The van der Waals surface area contributed by atoms with Gasteiger partial charge in [0.1, 0.15) is 0 Å². The van der Waals surface area contributed by atoms with Crippen LogP contribution in [0.4, 0.5) is 0 Å². The highest BCUT2D eigenvalue weighted by atomic mass is 35.5. The first-order chi connectivity index (χ1) is 13.2. The molecule has 9 heteroatoms. The van der Waals surface area contributed by atoms with Crippen LogP contribution in [0.1, 0.15) is 22.8 Å². The van der Waals surface area contributed by atoms with Crippen LogP contribution in [-0.4, -0.2) is 44.7 Å². The van der Waals surface area contributed by atoms with Gasteiger partial charge in [0.2, 0.25) is 15.9 Å². The quantitative estimate of drug-likeness (QED) is 0.679. The summed E-state index contributed by atoms with van der Waals surface area (Å²) in [6, 6.07) is 12.6. The van der Waals surface area contributed by atoms with Gasteiger partial charge in [-0.15, -0.1) is 0 Å². The predicted molar refractivity (Wildman–Crippen MR) is 108 cm³/mol. The van der Waals surface area contributed by atoms with Crippen LogP contribution in [-0.2, 0) is 21.4 Å². The Balaban J connectivity index is 1.96. The van der Waals surface area contributed by atoms with Crippen molar-refractivity contribution in [2.45, 2.75) is 18.4 Å². The number of nitrogens with one attached hydrogen (secondary N) is 2. The van der Waals surface area contributed by atoms with Gasteiger partial charge in [-0.25, -0.2) is 8.42 Å². The lowest BCUT2D eigenvalue weighted by atomic mass is 10.1. The molecular weight excluding hydrogens is 402 g/mol. The summed E-state index contributed by atoms with van der Waals surface area (Å²) >= 11 is 5.78. The number of nitrogens with zero attached hydrogens (tertiary/aromatic N) is 1. The lowest BCUT2D eigenvalue weighted by Crippen LogP contribution is -2.38. The molecular formula is C19H22ClN3O4S. The van der Waals surface area contributed by atoms with E-state index >= 15 is 0 Å². The summed E-state index contributed by atoms with van der Waals surface area (Å²) in [7, 11) is -2.46. The molecule has 2 aromatic carbocycles. The fourth-order valence-corrected chi connectivity index (χ4v) is 3.67. The first-order valence-electron chi connectivity index (χ1n) is 8.59. The smallest absolute Gasteiger partial charge is 0.251 e. The van der Waals surface area contributed by atoms with Crippen molar-refractivity contribution in [3.63, 3.8) is 0 Å². The van der Waals surface area contributed by atoms with Crippen molar-refractivity contribution >= 4 is 33.4 Å². The lowest BCUT2D eigenvalue weighted by Gasteiger charge is -2.17. The average molecular weight is 424 g/mol. The minimum atomic E-state index is -3.80. The average Bonchev–Trinajstić information content (AvgIpc) is 2.67. The summed E-state index contributed by atoms with van der Waals surface area (Å²) in [6.07, 6.45) is 0. The molecule has 0 heterocycles. The molecule has 28 heavy (non-hydrogen) atoms. The van der Waals surface area contributed by atoms with Crippen LogP contribution in [0.25, 0.3) is 0 Å². The van der Waals surface area contributed by atoms with Gasteiger partial charge in [0.25, 0.3) is 5.91 Å². The van der Waals surface area contributed by atoms with Crippen LogP contribution in [0.3, 0.4) is 0 Å². The highest BCUT2D eigenvalue weighted by Crippen LogP contribution is 2.17. The zero-order valence-corrected chi connectivity index (χ0v) is 17.2. The van der Waals surface area contributed by atoms with E-state index in [1.165, 1.54) is 31.3 Å². The largest absolute Gasteiger partial charge is 0.352 e. The van der Waals surface area contributed by atoms with Gasteiger partial charge in [0, 0.05) is 30.7 Å². The molecule has 0 unspecified atom stereocenters. The Kier molecular flexibility index (Phi) is 7.56. The van der Waals surface area contributed by atoms with Gasteiger partial charge < -0.3 is 10.6 Å². The van der Waals surface area contributed by atoms with Crippen LogP contribution >= 0.6 is 11.6 Å². The number of hydrogen-bond donors (Lipinski definition) is 2. The second-order valence-corrected chi connectivity index (χ2v) is 8.53. The van der Waals surface area contributed by atoms with Gasteiger partial charge in [0.05, 0.1) is 11.4 Å². The fourth-order valence-electron chi connectivity index (χ4n) is 2.42. The minimum Gasteiger partial charge on any atom is -0.352 e. The van der Waals surface area contributed by atoms with Crippen LogP contribution in [0.2, 0.25) is 5.02 Å². The van der Waals surface area contributed by atoms with E-state index in [4.69, 9.17) is 11.6 Å². The van der Waals surface area contributed by atoms with Gasteiger partial charge >= 0.3 is 0 Å². The van der Waals surface area contributed by atoms with E-state index in [2.05, 4.69) is 10.6 Å². The Labute approximate surface area is 169 Å². The van der Waals surface area contributed by atoms with E-state index in [-0.39, 0.29) is 23.9 Å². The molecule has 2 rings (SSSR count). The number of rotatable bonds is 8. The Morgan fingerprint density at radius 1 is 1.07 bits per heavy atom. The van der Waals surface area contributed by atoms with E-state index in [9.17, 15) is 18.0 Å². The number of likely N-dealkylation sites (N-methyl/N-ethyl adjacent to an activating group) is 1. The van der Waals surface area contributed by atoms with Gasteiger partial charge in [-0.1, -0.05) is 23.7 Å². The van der Waals surface area contributed by atoms with E-state index in [0.29, 0.717) is 17.1 Å². The summed E-state index contributed by atoms with van der Waals surface area (Å²) in [5.41, 5.74) is 1.23. The van der Waals surface area contributed by atoms with Gasteiger partial charge in [-0.05, 0) is 48.9 Å². The second-order valence-electron chi connectivity index (χ2n) is 6.05. The fraction of sp³-hybridized carbons (Fsp3) is 0.263. The van der Waals surface area contributed by atoms with E-state index < -0.39 is 15.9 Å². The molecule has 0 aliphatic carbocycles. The molecule has 0 spiro atoms. The van der Waals surface area contributed by atoms with Crippen molar-refractivity contribution < 1.29 is 18.0 Å². The molecule has 2 amide bonds. The summed E-state index contributed by atoms with van der Waals surface area (Å²) in [5.74, 6) is -0.645. The van der Waals surface area contributed by atoms with Crippen molar-refractivity contribution in [2.24, 2.45) is 0 Å². The number of amides is 2. The normalized spacial score (nSPS) is 11.3. The van der Waals surface area contributed by atoms with E-state index in [1.807, 2.05) is 6.92 Å². The Morgan fingerprint density at radius 3 is 2.39 bits per heavy atom. The molecule has 2 aromatic rings. The molecule has 0 atom stereocenters. The Bertz CT molecular complexity index is 946. The number of carbonyl (C=O) groups is 2. The molecule has 0 radical (unpaired) electrons. The molecule has 0 aliphatic rings. The third-order valence-corrected chi connectivity index (χ3v) is 5.97. The number of sulfonamides is 1. The first kappa shape index (κ1) is 21.9. The Hall–Kier alpha value is -2.42. The van der Waals surface area contributed by atoms with Crippen molar-refractivity contribution in [2.75, 3.05) is 20.1 Å². The number of hydrogen-bond acceptors (Lipinski definition) is 4. The molecule has 7 nitrogen and oxygen atoms in total. The van der Waals surface area contributed by atoms with Crippen LogP contribution in [0, 0.1) is 0 Å². The molecule has 150 valence electrons. The SMILES string of the molecule is CCNC(=O)c1cccc(CNC(=O)CN(C)S(=O)(=O)c2ccc(Cl)cc2)c1. The van der Waals surface area contributed by atoms with Gasteiger partial charge in [0.15, 0.2) is 0 Å². The molecule has 0 aliphatic heterocycles. The Morgan fingerprint density at radius 2 is 1.75 bits per heavy atom. The van der Waals surface area contributed by atoms with Crippen molar-refractivity contribution in [1.82, 2.24) is 14.9 Å². The summed E-state index contributed by atoms with van der Waals surface area (Å²) in [5, 5.41) is 5.80. The maximum absolute atomic E-state index is 12.5. The highest BCUT2D eigenvalue weighted by Gasteiger charge is 2.22. The standard InChI is InChI=1S/C19H22ClN3O4S/c1-3-21-19(25)15-6-4-5-14(11-15)12-22-18(24)13-23(2)28(26,27)17-9-7-16(20)8-10-17/h4-11H,3,12-13H2,1-2H3,(H,21,25)(H,22,24). The van der Waals surface area contributed by atoms with Gasteiger partial charge in [-0.3, -0.25) is 9.59 Å². The van der Waals surface area contributed by atoms with Crippen LogP contribution in [0.15, 0.2) is 53.4 Å². The molecule has 2 N–H and O–H groups in total. The summed E-state index contributed by atoms with van der Waals surface area (Å²) in [4.78, 5) is 24.1. The minimum absolute atomic E-state index is 0.0573. The van der Waals surface area contributed by atoms with E-state index in [0.717, 1.165) is 9.87 Å². The van der Waals surface area contributed by atoms with Crippen LogP contribution in [0.5, 0.6) is 0 Å². The molecule has 0 aromatic heterocycles. The van der Waals surface area contributed by atoms with Gasteiger partial charge in [-0.2, -0.15) is 4.31 Å². The van der Waals surface area contributed by atoms with Crippen molar-refractivity contribution in [3.05, 3.63) is 64.7 Å². The summed E-state index contributed by atoms with van der Waals surface area (Å²) < 4.78 is 26.0. The highest BCUT2D eigenvalue weighted by molar-refractivity contribution is 7.89. The molecule has 0 fully saturated rings. The summed E-state index contributed by atoms with van der Waals surface area (Å²) in [6.45, 7) is 2.20. The number of carbonyl (C=O) groups excluding carboxylic acids is 2. The molecule has 0 bridgehead atoms. The second kappa shape index (κ2) is 9.68. The third-order valence-electron chi connectivity index (χ3n) is 3.90. The first-order valence-corrected chi connectivity index (χ1v) is 10.4. The lowest BCUT2D eigenvalue weighted by molar-refractivity contribution is -0.121. The van der Waals surface area contributed by atoms with Crippen LogP contribution < -0.4 is 10.6 Å². The zero-order chi connectivity index (χ0) is 20.7.